The van der Waals surface area contributed by atoms with Crippen molar-refractivity contribution in [1.82, 2.24) is 0 Å². The van der Waals surface area contributed by atoms with Gasteiger partial charge < -0.3 is 9.47 Å². The van der Waals surface area contributed by atoms with Gasteiger partial charge in [0, 0.05) is 11.6 Å². The smallest absolute Gasteiger partial charge is 0.349 e. The number of hydrogen-bond acceptors (Lipinski definition) is 5. The number of rotatable bonds is 5. The number of ether oxygens (including phenoxy) is 2. The molecule has 0 N–H and O–H groups in total. The first-order valence-electron chi connectivity index (χ1n) is 7.03. The summed E-state index contributed by atoms with van der Waals surface area (Å²) in [5.41, 5.74) is 2.44. The molecule has 0 amide bonds. The summed E-state index contributed by atoms with van der Waals surface area (Å²) in [6.07, 6.45) is 0. The maximum atomic E-state index is 11.8. The average Bonchev–Trinajstić information content (AvgIpc) is 2.48. The van der Waals surface area contributed by atoms with Crippen molar-refractivity contribution >= 4 is 11.7 Å². The normalized spacial score (nSPS) is 10.2. The van der Waals surface area contributed by atoms with Crippen LogP contribution in [0, 0.1) is 30.9 Å². The Morgan fingerprint density at radius 1 is 1.13 bits per heavy atom. The zero-order valence-corrected chi connectivity index (χ0v) is 13.2. The van der Waals surface area contributed by atoms with Crippen LogP contribution in [-0.2, 0) is 4.79 Å². The van der Waals surface area contributed by atoms with Crippen LogP contribution in [0.25, 0.3) is 0 Å². The SMILES string of the molecule is Cc1cc(OC(=O)COc2cccc(C)c2C)ccc1[N+](=O)[O-]. The number of carbonyl (C=O) groups is 1. The number of hydrogen-bond donors (Lipinski definition) is 0. The minimum absolute atomic E-state index is 0.0172. The number of esters is 1. The van der Waals surface area contributed by atoms with E-state index in [4.69, 9.17) is 9.47 Å². The number of nitrogens with zero attached hydrogens (tertiary/aromatic N) is 1. The van der Waals surface area contributed by atoms with E-state index < -0.39 is 10.9 Å². The first-order chi connectivity index (χ1) is 10.9. The highest BCUT2D eigenvalue weighted by atomic mass is 16.6. The van der Waals surface area contributed by atoms with Crippen LogP contribution in [0.4, 0.5) is 5.69 Å². The van der Waals surface area contributed by atoms with Crippen LogP contribution < -0.4 is 9.47 Å². The second kappa shape index (κ2) is 6.91. The first kappa shape index (κ1) is 16.5. The van der Waals surface area contributed by atoms with Gasteiger partial charge in [-0.1, -0.05) is 12.1 Å². The fourth-order valence-corrected chi connectivity index (χ4v) is 2.07. The Labute approximate surface area is 133 Å². The average molecular weight is 315 g/mol. The van der Waals surface area contributed by atoms with E-state index in [0.717, 1.165) is 11.1 Å². The molecule has 2 aromatic carbocycles. The molecule has 0 spiro atoms. The van der Waals surface area contributed by atoms with Crippen LogP contribution in [-0.4, -0.2) is 17.5 Å². The van der Waals surface area contributed by atoms with Crippen molar-refractivity contribution in [2.75, 3.05) is 6.61 Å². The summed E-state index contributed by atoms with van der Waals surface area (Å²) < 4.78 is 10.6. The van der Waals surface area contributed by atoms with E-state index in [-0.39, 0.29) is 18.0 Å². The van der Waals surface area contributed by atoms with Crippen LogP contribution in [0.3, 0.4) is 0 Å². The van der Waals surface area contributed by atoms with Gasteiger partial charge in [0.2, 0.25) is 0 Å². The van der Waals surface area contributed by atoms with Crippen LogP contribution in [0.2, 0.25) is 0 Å². The van der Waals surface area contributed by atoms with Crippen molar-refractivity contribution in [3.8, 4) is 11.5 Å². The summed E-state index contributed by atoms with van der Waals surface area (Å²) in [4.78, 5) is 22.1. The molecule has 23 heavy (non-hydrogen) atoms. The van der Waals surface area contributed by atoms with E-state index in [1.165, 1.54) is 18.2 Å². The van der Waals surface area contributed by atoms with Gasteiger partial charge in [0.05, 0.1) is 4.92 Å². The monoisotopic (exact) mass is 315 g/mol. The Kier molecular flexibility index (Phi) is 4.95. The topological polar surface area (TPSA) is 78.7 Å². The molecule has 2 rings (SSSR count). The lowest BCUT2D eigenvalue weighted by atomic mass is 10.1. The molecule has 0 unspecified atom stereocenters. The van der Waals surface area contributed by atoms with Gasteiger partial charge >= 0.3 is 5.97 Å². The molecule has 2 aromatic rings. The second-order valence-electron chi connectivity index (χ2n) is 5.17. The molecule has 0 saturated carbocycles. The Balaban J connectivity index is 1.99. The molecule has 0 aliphatic carbocycles. The number of nitro groups is 1. The Bertz CT molecular complexity index is 755. The lowest BCUT2D eigenvalue weighted by molar-refractivity contribution is -0.385. The summed E-state index contributed by atoms with van der Waals surface area (Å²) in [5, 5.41) is 10.8. The van der Waals surface area contributed by atoms with Crippen molar-refractivity contribution in [1.29, 1.82) is 0 Å². The van der Waals surface area contributed by atoms with Gasteiger partial charge in [-0.25, -0.2) is 4.79 Å². The third kappa shape index (κ3) is 4.06. The summed E-state index contributed by atoms with van der Waals surface area (Å²) in [6, 6.07) is 9.74. The third-order valence-electron chi connectivity index (χ3n) is 3.50. The van der Waals surface area contributed by atoms with Gasteiger partial charge in [-0.15, -0.1) is 0 Å². The molecule has 0 atom stereocenters. The molecule has 0 aliphatic rings. The fourth-order valence-electron chi connectivity index (χ4n) is 2.07. The summed E-state index contributed by atoms with van der Waals surface area (Å²) in [5.74, 6) is 0.309. The zero-order valence-electron chi connectivity index (χ0n) is 13.2. The minimum Gasteiger partial charge on any atom is -0.482 e. The Morgan fingerprint density at radius 3 is 2.52 bits per heavy atom. The lowest BCUT2D eigenvalue weighted by Crippen LogP contribution is -2.18. The van der Waals surface area contributed by atoms with Gasteiger partial charge in [-0.05, 0) is 50.1 Å². The molecule has 0 saturated heterocycles. The largest absolute Gasteiger partial charge is 0.482 e. The van der Waals surface area contributed by atoms with Crippen LogP contribution in [0.15, 0.2) is 36.4 Å². The Hall–Kier alpha value is -2.89. The molecule has 6 heteroatoms. The number of nitro benzene ring substituents is 1. The van der Waals surface area contributed by atoms with Crippen LogP contribution >= 0.6 is 0 Å². The molecule has 0 aliphatic heterocycles. The van der Waals surface area contributed by atoms with Gasteiger partial charge in [0.1, 0.15) is 11.5 Å². The van der Waals surface area contributed by atoms with E-state index in [2.05, 4.69) is 0 Å². The van der Waals surface area contributed by atoms with Crippen molar-refractivity contribution in [3.05, 3.63) is 63.2 Å². The highest BCUT2D eigenvalue weighted by molar-refractivity contribution is 5.74. The van der Waals surface area contributed by atoms with E-state index in [1.807, 2.05) is 26.0 Å². The Morgan fingerprint density at radius 2 is 1.87 bits per heavy atom. The highest BCUT2D eigenvalue weighted by Gasteiger charge is 2.13. The first-order valence-corrected chi connectivity index (χ1v) is 7.03. The summed E-state index contributed by atoms with van der Waals surface area (Å²) >= 11 is 0. The number of aryl methyl sites for hydroxylation is 2. The molecule has 0 bridgehead atoms. The fraction of sp³-hybridized carbons (Fsp3) is 0.235. The molecule has 0 fully saturated rings. The van der Waals surface area contributed by atoms with E-state index in [0.29, 0.717) is 11.3 Å². The van der Waals surface area contributed by atoms with Crippen molar-refractivity contribution in [3.63, 3.8) is 0 Å². The molecule has 6 nitrogen and oxygen atoms in total. The van der Waals surface area contributed by atoms with Crippen molar-refractivity contribution < 1.29 is 19.2 Å². The van der Waals surface area contributed by atoms with Crippen molar-refractivity contribution in [2.45, 2.75) is 20.8 Å². The van der Waals surface area contributed by atoms with E-state index >= 15 is 0 Å². The maximum Gasteiger partial charge on any atom is 0.349 e. The maximum absolute atomic E-state index is 11.8. The molecular formula is C17H17NO5. The van der Waals surface area contributed by atoms with Crippen molar-refractivity contribution in [2.24, 2.45) is 0 Å². The standard InChI is InChI=1S/C17H17NO5/c1-11-5-4-6-16(13(11)3)22-10-17(19)23-14-7-8-15(18(20)21)12(2)9-14/h4-9H,10H2,1-3H3. The molecule has 0 heterocycles. The molecule has 0 aromatic heterocycles. The number of carbonyl (C=O) groups excluding carboxylic acids is 1. The summed E-state index contributed by atoms with van der Waals surface area (Å²) in [6.45, 7) is 5.22. The molecular weight excluding hydrogens is 298 g/mol. The summed E-state index contributed by atoms with van der Waals surface area (Å²) in [7, 11) is 0. The third-order valence-corrected chi connectivity index (χ3v) is 3.50. The van der Waals surface area contributed by atoms with Gasteiger partial charge in [0.15, 0.2) is 6.61 Å². The lowest BCUT2D eigenvalue weighted by Gasteiger charge is -2.10. The number of benzene rings is 2. The second-order valence-corrected chi connectivity index (χ2v) is 5.17. The zero-order chi connectivity index (χ0) is 17.0. The highest BCUT2D eigenvalue weighted by Crippen LogP contribution is 2.23. The molecule has 0 radical (unpaired) electrons. The van der Waals surface area contributed by atoms with Crippen LogP contribution in [0.5, 0.6) is 11.5 Å². The minimum atomic E-state index is -0.570. The van der Waals surface area contributed by atoms with E-state index in [9.17, 15) is 14.9 Å². The predicted octanol–water partition coefficient (Wildman–Crippen LogP) is 3.50. The van der Waals surface area contributed by atoms with Crippen LogP contribution in [0.1, 0.15) is 16.7 Å². The quantitative estimate of drug-likeness (QED) is 0.365. The predicted molar refractivity (Wildman–Crippen MR) is 84.9 cm³/mol. The van der Waals surface area contributed by atoms with E-state index in [1.54, 1.807) is 13.0 Å². The van der Waals surface area contributed by atoms with Gasteiger partial charge in [-0.3, -0.25) is 10.1 Å². The van der Waals surface area contributed by atoms with Gasteiger partial charge in [-0.2, -0.15) is 0 Å². The molecule has 120 valence electrons. The van der Waals surface area contributed by atoms with Gasteiger partial charge in [0.25, 0.3) is 5.69 Å².